The Morgan fingerprint density at radius 3 is 2.57 bits per heavy atom. The van der Waals surface area contributed by atoms with Crippen LogP contribution < -0.4 is 5.32 Å². The number of nitrogens with zero attached hydrogens (tertiary/aromatic N) is 3. The van der Waals surface area contributed by atoms with E-state index in [9.17, 15) is 22.8 Å². The van der Waals surface area contributed by atoms with E-state index in [1.165, 1.54) is 18.2 Å². The van der Waals surface area contributed by atoms with Gasteiger partial charge in [-0.1, -0.05) is 19.1 Å². The van der Waals surface area contributed by atoms with Gasteiger partial charge in [0.25, 0.3) is 0 Å². The van der Waals surface area contributed by atoms with E-state index in [2.05, 4.69) is 15.1 Å². The van der Waals surface area contributed by atoms with Crippen molar-refractivity contribution in [3.63, 3.8) is 0 Å². The summed E-state index contributed by atoms with van der Waals surface area (Å²) in [6.45, 7) is 11.8. The summed E-state index contributed by atoms with van der Waals surface area (Å²) in [6, 6.07) is 6.21. The molecule has 2 atom stereocenters. The number of cyclic esters (lactones) is 1. The summed E-state index contributed by atoms with van der Waals surface area (Å²) in [5, 5.41) is 2.74. The van der Waals surface area contributed by atoms with E-state index in [1.807, 2.05) is 0 Å². The first-order valence-electron chi connectivity index (χ1n) is 12.4. The molecule has 10 heteroatoms. The Balaban J connectivity index is 1.27. The van der Waals surface area contributed by atoms with Crippen molar-refractivity contribution in [2.75, 3.05) is 26.2 Å². The van der Waals surface area contributed by atoms with Gasteiger partial charge < -0.3 is 15.0 Å². The molecule has 0 radical (unpaired) electrons. The van der Waals surface area contributed by atoms with E-state index in [-0.39, 0.29) is 11.5 Å². The third kappa shape index (κ3) is 5.88. The molecule has 37 heavy (non-hydrogen) atoms. The molecule has 3 amide bonds. The van der Waals surface area contributed by atoms with Crippen molar-refractivity contribution in [1.82, 2.24) is 15.1 Å². The van der Waals surface area contributed by atoms with Crippen molar-refractivity contribution in [1.29, 1.82) is 0 Å². The second kappa shape index (κ2) is 11.6. The number of hydrogen-bond acceptors (Lipinski definition) is 4. The zero-order valence-corrected chi connectivity index (χ0v) is 20.6. The molecule has 4 rings (SSSR count). The molecule has 2 aliphatic heterocycles. The van der Waals surface area contributed by atoms with E-state index in [1.54, 1.807) is 13.0 Å². The van der Waals surface area contributed by atoms with Gasteiger partial charge in [-0.15, -0.1) is 0 Å². The van der Waals surface area contributed by atoms with Gasteiger partial charge in [0.1, 0.15) is 18.0 Å². The molecule has 1 N–H and O–H groups in total. The third-order valence-corrected chi connectivity index (χ3v) is 7.05. The largest absolute Gasteiger partial charge is 0.443 e. The van der Waals surface area contributed by atoms with Gasteiger partial charge in [0, 0.05) is 6.54 Å². The molecule has 2 heterocycles. The fourth-order valence-corrected chi connectivity index (χ4v) is 5.12. The molecule has 2 unspecified atom stereocenters. The number of halogens is 3. The van der Waals surface area contributed by atoms with Crippen LogP contribution in [0.1, 0.15) is 55.7 Å². The highest BCUT2D eigenvalue weighted by atomic mass is 19.2. The fraction of sp³-hybridized carbons (Fsp3) is 0.444. The van der Waals surface area contributed by atoms with Crippen molar-refractivity contribution >= 4 is 17.8 Å². The highest BCUT2D eigenvalue weighted by Gasteiger charge is 2.45. The predicted octanol–water partition coefficient (Wildman–Crippen LogP) is 5.91. The van der Waals surface area contributed by atoms with Gasteiger partial charge in [0.2, 0.25) is 0 Å². The summed E-state index contributed by atoms with van der Waals surface area (Å²) in [5.41, 5.74) is 1.55. The van der Waals surface area contributed by atoms with Crippen LogP contribution in [0, 0.1) is 24.0 Å². The summed E-state index contributed by atoms with van der Waals surface area (Å²) >= 11 is 0. The lowest BCUT2D eigenvalue weighted by molar-refractivity contribution is 0.128. The highest BCUT2D eigenvalue weighted by molar-refractivity contribution is 5.93. The van der Waals surface area contributed by atoms with Gasteiger partial charge in [-0.25, -0.2) is 32.5 Å². The Morgan fingerprint density at radius 2 is 1.89 bits per heavy atom. The van der Waals surface area contributed by atoms with Gasteiger partial charge in [-0.2, -0.15) is 0 Å². The Hall–Kier alpha value is -3.58. The molecule has 2 fully saturated rings. The number of benzene rings is 2. The van der Waals surface area contributed by atoms with Crippen LogP contribution in [-0.2, 0) is 4.74 Å². The average molecular weight is 515 g/mol. The van der Waals surface area contributed by atoms with Crippen molar-refractivity contribution in [2.24, 2.45) is 0 Å². The van der Waals surface area contributed by atoms with Crippen LogP contribution >= 0.6 is 0 Å². The summed E-state index contributed by atoms with van der Waals surface area (Å²) in [6.07, 6.45) is 1.29. The van der Waals surface area contributed by atoms with Crippen LogP contribution in [0.2, 0.25) is 0 Å². The van der Waals surface area contributed by atoms with Crippen LogP contribution in [0.4, 0.5) is 28.4 Å². The van der Waals surface area contributed by atoms with Crippen LogP contribution in [0.15, 0.2) is 36.4 Å². The SMILES string of the molecule is [C-]#[N+]c1cc(F)ccc1C1CCN(CCCNC(=O)N2C(=O)OC(CC)C2c2ccc(F)c(F)c2)CC1. The van der Waals surface area contributed by atoms with E-state index in [0.29, 0.717) is 25.1 Å². The first kappa shape index (κ1) is 26.5. The van der Waals surface area contributed by atoms with Crippen LogP contribution in [0.3, 0.4) is 0 Å². The summed E-state index contributed by atoms with van der Waals surface area (Å²) in [4.78, 5) is 32.0. The molecule has 196 valence electrons. The topological polar surface area (TPSA) is 66.2 Å². The van der Waals surface area contributed by atoms with Crippen LogP contribution in [0.5, 0.6) is 0 Å². The van der Waals surface area contributed by atoms with E-state index in [0.717, 1.165) is 55.1 Å². The Morgan fingerprint density at radius 1 is 1.14 bits per heavy atom. The van der Waals surface area contributed by atoms with Gasteiger partial charge >= 0.3 is 12.1 Å². The Labute approximate surface area is 214 Å². The number of nitrogens with one attached hydrogen (secondary N) is 1. The van der Waals surface area contributed by atoms with Gasteiger partial charge in [0.05, 0.1) is 6.57 Å². The van der Waals surface area contributed by atoms with E-state index in [4.69, 9.17) is 11.3 Å². The number of carbonyl (C=O) groups excluding carboxylic acids is 2. The number of urea groups is 1. The van der Waals surface area contributed by atoms with Crippen molar-refractivity contribution < 1.29 is 27.5 Å². The van der Waals surface area contributed by atoms with E-state index < -0.39 is 41.7 Å². The number of amides is 3. The molecule has 2 saturated heterocycles. The number of likely N-dealkylation sites (tertiary alicyclic amines) is 1. The zero-order valence-electron chi connectivity index (χ0n) is 20.6. The molecular weight excluding hydrogens is 485 g/mol. The number of piperidine rings is 1. The maximum absolute atomic E-state index is 13.8. The molecule has 0 aliphatic carbocycles. The molecule has 2 aromatic carbocycles. The minimum atomic E-state index is -1.06. The first-order chi connectivity index (χ1) is 17.8. The lowest BCUT2D eigenvalue weighted by atomic mass is 9.88. The van der Waals surface area contributed by atoms with Gasteiger partial charge in [-0.3, -0.25) is 0 Å². The van der Waals surface area contributed by atoms with Crippen molar-refractivity contribution in [3.8, 4) is 0 Å². The summed E-state index contributed by atoms with van der Waals surface area (Å²) in [5.74, 6) is -2.26. The normalized spacial score (nSPS) is 20.5. The summed E-state index contributed by atoms with van der Waals surface area (Å²) in [7, 11) is 0. The minimum Gasteiger partial charge on any atom is -0.443 e. The second-order valence-corrected chi connectivity index (χ2v) is 9.34. The number of imide groups is 1. The standard InChI is InChI=1S/C27H29F3N4O3/c1-3-24-25(18-5-8-21(29)22(30)15-18)34(27(36)37-24)26(35)32-11-4-12-33-13-9-17(10-14-33)20-7-6-19(28)16-23(20)31-2/h5-8,15-17,24-25H,3-4,9-14H2,1H3,(H,32,35). The minimum absolute atomic E-state index is 0.210. The average Bonchev–Trinajstić information content (AvgIpc) is 3.24. The van der Waals surface area contributed by atoms with Crippen LogP contribution in [0.25, 0.3) is 4.85 Å². The Kier molecular flexibility index (Phi) is 8.34. The molecule has 0 bridgehead atoms. The number of carbonyl (C=O) groups is 2. The molecule has 0 spiro atoms. The predicted molar refractivity (Wildman–Crippen MR) is 131 cm³/mol. The first-order valence-corrected chi connectivity index (χ1v) is 12.4. The fourth-order valence-electron chi connectivity index (χ4n) is 5.12. The maximum Gasteiger partial charge on any atom is 0.419 e. The quantitative estimate of drug-likeness (QED) is 0.369. The van der Waals surface area contributed by atoms with Gasteiger partial charge in [0.15, 0.2) is 17.3 Å². The van der Waals surface area contributed by atoms with Crippen molar-refractivity contribution in [3.05, 3.63) is 76.4 Å². The van der Waals surface area contributed by atoms with Crippen molar-refractivity contribution in [2.45, 2.75) is 50.7 Å². The molecule has 7 nitrogen and oxygen atoms in total. The second-order valence-electron chi connectivity index (χ2n) is 9.34. The molecular formula is C27H29F3N4O3. The van der Waals surface area contributed by atoms with Crippen LogP contribution in [-0.4, -0.2) is 54.2 Å². The number of hydrogen-bond donors (Lipinski definition) is 1. The molecule has 2 aromatic rings. The monoisotopic (exact) mass is 514 g/mol. The lowest BCUT2D eigenvalue weighted by Crippen LogP contribution is -2.43. The zero-order chi connectivity index (χ0) is 26.5. The molecule has 2 aliphatic rings. The Bertz CT molecular complexity index is 1190. The smallest absolute Gasteiger partial charge is 0.419 e. The third-order valence-electron chi connectivity index (χ3n) is 7.05. The number of ether oxygens (including phenoxy) is 1. The van der Waals surface area contributed by atoms with E-state index >= 15 is 0 Å². The summed E-state index contributed by atoms with van der Waals surface area (Å²) < 4.78 is 46.0. The highest BCUT2D eigenvalue weighted by Crippen LogP contribution is 2.36. The maximum atomic E-state index is 13.8. The molecule has 0 saturated carbocycles. The molecule has 0 aromatic heterocycles. The lowest BCUT2D eigenvalue weighted by Gasteiger charge is -2.32. The van der Waals surface area contributed by atoms with Gasteiger partial charge in [-0.05, 0) is 86.6 Å². The number of rotatable bonds is 7.